The molecule has 0 aliphatic carbocycles. The lowest BCUT2D eigenvalue weighted by atomic mass is 10.1. The third-order valence-electron chi connectivity index (χ3n) is 4.61. The van der Waals surface area contributed by atoms with Gasteiger partial charge in [0.2, 0.25) is 0 Å². The molecule has 2 N–H and O–H groups in total. The van der Waals surface area contributed by atoms with Crippen molar-refractivity contribution < 1.29 is 4.42 Å². The van der Waals surface area contributed by atoms with E-state index in [1.54, 1.807) is 24.3 Å². The Bertz CT molecular complexity index is 664. The molecule has 1 aliphatic heterocycles. The Labute approximate surface area is 171 Å². The number of guanidine groups is 1. The molecule has 1 fully saturated rings. The fourth-order valence-electron chi connectivity index (χ4n) is 3.18. The molecule has 0 spiro atoms. The van der Waals surface area contributed by atoms with E-state index >= 15 is 0 Å². The van der Waals surface area contributed by atoms with Crippen LogP contribution in [-0.2, 0) is 13.6 Å². The number of likely N-dealkylation sites (tertiary alicyclic amines) is 1. The fraction of sp³-hybridized carbons (Fsp3) is 0.588. The number of furan rings is 1. The lowest BCUT2D eigenvalue weighted by molar-refractivity contribution is 0.146. The van der Waals surface area contributed by atoms with Crippen LogP contribution in [0, 0.1) is 0 Å². The van der Waals surface area contributed by atoms with Crippen LogP contribution in [0.3, 0.4) is 0 Å². The molecule has 0 saturated carbocycles. The molecule has 1 unspecified atom stereocenters. The zero-order chi connectivity index (χ0) is 17.5. The quantitative estimate of drug-likeness (QED) is 0.379. The maximum absolute atomic E-state index is 5.69. The highest BCUT2D eigenvalue weighted by molar-refractivity contribution is 14.0. The minimum absolute atomic E-state index is 0. The van der Waals surface area contributed by atoms with Gasteiger partial charge in [-0.25, -0.2) is 4.98 Å². The molecule has 1 aliphatic rings. The molecule has 9 heteroatoms. The number of rotatable bonds is 6. The minimum atomic E-state index is 0. The van der Waals surface area contributed by atoms with Crippen molar-refractivity contribution >= 4 is 29.9 Å². The number of nitrogens with zero attached hydrogens (tertiary/aromatic N) is 5. The van der Waals surface area contributed by atoms with Gasteiger partial charge in [-0.3, -0.25) is 14.6 Å². The van der Waals surface area contributed by atoms with Crippen LogP contribution in [-0.4, -0.2) is 52.3 Å². The molecular formula is C17H28IN7O. The van der Waals surface area contributed by atoms with Crippen LogP contribution in [0.5, 0.6) is 0 Å². The van der Waals surface area contributed by atoms with Crippen molar-refractivity contribution in [1.82, 2.24) is 30.3 Å². The standard InChI is InChI=1S/C17H27N7O.HI/c1-18-17(20-12-16-21-13-22-23(16)2)19-11-14(15-7-6-10-25-15)24-8-4-3-5-9-24;/h6-7,10,13-14H,3-5,8-9,11-12H2,1-2H3,(H2,18,19,20);1H. The van der Waals surface area contributed by atoms with Crippen LogP contribution in [0.4, 0.5) is 0 Å². The number of aliphatic imine (C=N–C) groups is 1. The number of hydrogen-bond acceptors (Lipinski definition) is 5. The van der Waals surface area contributed by atoms with E-state index in [1.165, 1.54) is 19.3 Å². The third-order valence-corrected chi connectivity index (χ3v) is 4.61. The zero-order valence-electron chi connectivity index (χ0n) is 15.4. The van der Waals surface area contributed by atoms with E-state index in [1.807, 2.05) is 13.1 Å². The lowest BCUT2D eigenvalue weighted by Crippen LogP contribution is -2.44. The van der Waals surface area contributed by atoms with Gasteiger partial charge < -0.3 is 15.1 Å². The second-order valence-electron chi connectivity index (χ2n) is 6.23. The van der Waals surface area contributed by atoms with E-state index < -0.39 is 0 Å². The molecule has 2 aromatic rings. The number of halogens is 1. The first-order valence-corrected chi connectivity index (χ1v) is 8.83. The van der Waals surface area contributed by atoms with Gasteiger partial charge in [-0.05, 0) is 38.1 Å². The van der Waals surface area contributed by atoms with Crippen LogP contribution < -0.4 is 10.6 Å². The van der Waals surface area contributed by atoms with Crippen LogP contribution in [0.25, 0.3) is 0 Å². The molecule has 3 rings (SSSR count). The van der Waals surface area contributed by atoms with Crippen LogP contribution in [0.15, 0.2) is 34.1 Å². The van der Waals surface area contributed by atoms with E-state index in [2.05, 4.69) is 36.7 Å². The lowest BCUT2D eigenvalue weighted by Gasteiger charge is -2.33. The maximum Gasteiger partial charge on any atom is 0.191 e. The van der Waals surface area contributed by atoms with E-state index in [0.717, 1.165) is 37.2 Å². The largest absolute Gasteiger partial charge is 0.468 e. The average Bonchev–Trinajstić information content (AvgIpc) is 3.31. The van der Waals surface area contributed by atoms with E-state index in [4.69, 9.17) is 4.42 Å². The van der Waals surface area contributed by atoms with Gasteiger partial charge in [0.1, 0.15) is 17.9 Å². The molecule has 1 atom stereocenters. The molecule has 0 amide bonds. The SMILES string of the molecule is CN=C(NCc1ncnn1C)NCC(c1ccco1)N1CCCCC1.I. The number of aryl methyl sites for hydroxylation is 1. The van der Waals surface area contributed by atoms with E-state index in [-0.39, 0.29) is 30.0 Å². The highest BCUT2D eigenvalue weighted by atomic mass is 127. The summed E-state index contributed by atoms with van der Waals surface area (Å²) in [4.78, 5) is 11.0. The van der Waals surface area contributed by atoms with Crippen molar-refractivity contribution in [3.05, 3.63) is 36.3 Å². The van der Waals surface area contributed by atoms with Crippen molar-refractivity contribution in [2.75, 3.05) is 26.7 Å². The van der Waals surface area contributed by atoms with Crippen molar-refractivity contribution in [2.24, 2.45) is 12.0 Å². The Morgan fingerprint density at radius 1 is 1.31 bits per heavy atom. The Kier molecular flexibility index (Phi) is 8.36. The highest BCUT2D eigenvalue weighted by Crippen LogP contribution is 2.24. The summed E-state index contributed by atoms with van der Waals surface area (Å²) in [5.74, 6) is 2.61. The summed E-state index contributed by atoms with van der Waals surface area (Å²) in [6, 6.07) is 4.22. The molecule has 26 heavy (non-hydrogen) atoms. The zero-order valence-corrected chi connectivity index (χ0v) is 17.7. The fourth-order valence-corrected chi connectivity index (χ4v) is 3.18. The molecule has 144 valence electrons. The summed E-state index contributed by atoms with van der Waals surface area (Å²) >= 11 is 0. The molecule has 0 bridgehead atoms. The highest BCUT2D eigenvalue weighted by Gasteiger charge is 2.24. The van der Waals surface area contributed by atoms with Gasteiger partial charge in [-0.2, -0.15) is 5.10 Å². The van der Waals surface area contributed by atoms with E-state index in [9.17, 15) is 0 Å². The molecule has 1 saturated heterocycles. The summed E-state index contributed by atoms with van der Waals surface area (Å²) < 4.78 is 7.44. The molecule has 8 nitrogen and oxygen atoms in total. The Morgan fingerprint density at radius 2 is 2.12 bits per heavy atom. The van der Waals surface area contributed by atoms with Crippen molar-refractivity contribution in [1.29, 1.82) is 0 Å². The molecule has 0 radical (unpaired) electrons. The molecule has 2 aromatic heterocycles. The van der Waals surface area contributed by atoms with Gasteiger partial charge in [0.15, 0.2) is 5.96 Å². The topological polar surface area (TPSA) is 83.5 Å². The number of nitrogens with one attached hydrogen (secondary N) is 2. The van der Waals surface area contributed by atoms with Crippen LogP contribution in [0.2, 0.25) is 0 Å². The predicted octanol–water partition coefficient (Wildman–Crippen LogP) is 1.92. The van der Waals surface area contributed by atoms with Crippen molar-refractivity contribution in [2.45, 2.75) is 31.8 Å². The molecular weight excluding hydrogens is 445 g/mol. The summed E-state index contributed by atoms with van der Waals surface area (Å²) in [6.45, 7) is 3.54. The first-order chi connectivity index (χ1) is 12.3. The van der Waals surface area contributed by atoms with Crippen LogP contribution in [0.1, 0.15) is 36.9 Å². The molecule has 0 aromatic carbocycles. The normalized spacial score (nSPS) is 16.8. The monoisotopic (exact) mass is 473 g/mol. The van der Waals surface area contributed by atoms with Gasteiger partial charge in [-0.15, -0.1) is 24.0 Å². The Balaban J connectivity index is 0.00000243. The second-order valence-corrected chi connectivity index (χ2v) is 6.23. The smallest absolute Gasteiger partial charge is 0.191 e. The first kappa shape index (κ1) is 20.7. The number of hydrogen-bond donors (Lipinski definition) is 2. The van der Waals surface area contributed by atoms with E-state index in [0.29, 0.717) is 6.54 Å². The third kappa shape index (κ3) is 5.44. The molecule has 3 heterocycles. The summed E-state index contributed by atoms with van der Waals surface area (Å²) in [7, 11) is 3.65. The Morgan fingerprint density at radius 3 is 2.73 bits per heavy atom. The van der Waals surface area contributed by atoms with Gasteiger partial charge >= 0.3 is 0 Å². The first-order valence-electron chi connectivity index (χ1n) is 8.83. The minimum Gasteiger partial charge on any atom is -0.468 e. The summed E-state index contributed by atoms with van der Waals surface area (Å²) in [5.41, 5.74) is 0. The summed E-state index contributed by atoms with van der Waals surface area (Å²) in [5, 5.41) is 10.8. The van der Waals surface area contributed by atoms with Gasteiger partial charge in [-0.1, -0.05) is 6.42 Å². The second kappa shape index (κ2) is 10.5. The van der Waals surface area contributed by atoms with Crippen LogP contribution >= 0.6 is 24.0 Å². The Hall–Kier alpha value is -1.62. The van der Waals surface area contributed by atoms with Crippen molar-refractivity contribution in [3.63, 3.8) is 0 Å². The number of piperidine rings is 1. The summed E-state index contributed by atoms with van der Waals surface area (Å²) in [6.07, 6.45) is 7.10. The van der Waals surface area contributed by atoms with Crippen molar-refractivity contribution in [3.8, 4) is 0 Å². The van der Waals surface area contributed by atoms with Gasteiger partial charge in [0.05, 0.1) is 18.8 Å². The predicted molar refractivity (Wildman–Crippen MR) is 111 cm³/mol. The average molecular weight is 473 g/mol. The number of aromatic nitrogens is 3. The van der Waals surface area contributed by atoms with Gasteiger partial charge in [0.25, 0.3) is 0 Å². The van der Waals surface area contributed by atoms with Gasteiger partial charge in [0, 0.05) is 20.6 Å². The maximum atomic E-state index is 5.69.